The molecule has 1 atom stereocenters. The maximum absolute atomic E-state index is 13.0. The van der Waals surface area contributed by atoms with E-state index in [1.54, 1.807) is 0 Å². The van der Waals surface area contributed by atoms with Crippen molar-refractivity contribution in [3.63, 3.8) is 0 Å². The molecule has 0 spiro atoms. The first-order valence-electron chi connectivity index (χ1n) is 12.0. The maximum atomic E-state index is 13.0. The molecule has 3 aromatic carbocycles. The van der Waals surface area contributed by atoms with Gasteiger partial charge in [0.25, 0.3) is 0 Å². The van der Waals surface area contributed by atoms with Crippen LogP contribution in [0.25, 0.3) is 0 Å². The number of rotatable bonds is 7. The van der Waals surface area contributed by atoms with Crippen LogP contribution in [0.3, 0.4) is 0 Å². The summed E-state index contributed by atoms with van der Waals surface area (Å²) in [5.74, 6) is 0.974. The highest BCUT2D eigenvalue weighted by atomic mass is 16.5. The van der Waals surface area contributed by atoms with Gasteiger partial charge in [-0.1, -0.05) is 38.1 Å². The second kappa shape index (κ2) is 10.1. The van der Waals surface area contributed by atoms with E-state index in [2.05, 4.69) is 45.1 Å². The lowest BCUT2D eigenvalue weighted by molar-refractivity contribution is -0.122. The highest BCUT2D eigenvalue weighted by Gasteiger charge is 2.36. The van der Waals surface area contributed by atoms with Crippen LogP contribution in [0.2, 0.25) is 0 Å². The average Bonchev–Trinajstić information content (AvgIpc) is 3.23. The number of carbonyl (C=O) groups is 2. The Balaban J connectivity index is 1.42. The van der Waals surface area contributed by atoms with Gasteiger partial charge in [0.15, 0.2) is 0 Å². The lowest BCUT2D eigenvalue weighted by Crippen LogP contribution is -2.29. The van der Waals surface area contributed by atoms with Crippen molar-refractivity contribution in [3.8, 4) is 11.5 Å². The van der Waals surface area contributed by atoms with Crippen LogP contribution in [-0.4, -0.2) is 18.4 Å². The predicted octanol–water partition coefficient (Wildman–Crippen LogP) is 6.21. The lowest BCUT2D eigenvalue weighted by atomic mass is 10.0. The number of amides is 2. The molecule has 0 radical (unpaired) electrons. The molecule has 3 aromatic rings. The number of para-hydroxylation sites is 1. The number of anilines is 2. The van der Waals surface area contributed by atoms with E-state index in [1.165, 1.54) is 11.1 Å². The topological polar surface area (TPSA) is 58.6 Å². The van der Waals surface area contributed by atoms with Crippen molar-refractivity contribution < 1.29 is 14.3 Å². The van der Waals surface area contributed by atoms with Crippen LogP contribution in [0, 0.1) is 19.8 Å². The summed E-state index contributed by atoms with van der Waals surface area (Å²) in [7, 11) is 0. The van der Waals surface area contributed by atoms with E-state index in [-0.39, 0.29) is 24.2 Å². The fraction of sp³-hybridized carbons (Fsp3) is 0.310. The number of aryl methyl sites for hydroxylation is 4. The summed E-state index contributed by atoms with van der Waals surface area (Å²) in [6.07, 6.45) is 1.92. The van der Waals surface area contributed by atoms with Gasteiger partial charge in [-0.3, -0.25) is 9.59 Å². The molecule has 176 valence electrons. The quantitative estimate of drug-likeness (QED) is 0.460. The highest BCUT2D eigenvalue weighted by molar-refractivity contribution is 6.04. The van der Waals surface area contributed by atoms with Crippen LogP contribution < -0.4 is 15.0 Å². The molecule has 0 bridgehead atoms. The molecule has 0 saturated carbocycles. The van der Waals surface area contributed by atoms with E-state index in [9.17, 15) is 9.59 Å². The Bertz CT molecular complexity index is 1180. The fourth-order valence-electron chi connectivity index (χ4n) is 4.43. The number of ether oxygens (including phenoxy) is 1. The second-order valence-electron chi connectivity index (χ2n) is 8.90. The van der Waals surface area contributed by atoms with Crippen LogP contribution in [0.5, 0.6) is 11.5 Å². The minimum atomic E-state index is -0.381. The minimum Gasteiger partial charge on any atom is -0.457 e. The summed E-state index contributed by atoms with van der Waals surface area (Å²) < 4.78 is 5.93. The maximum Gasteiger partial charge on any atom is 0.229 e. The second-order valence-corrected chi connectivity index (χ2v) is 8.90. The van der Waals surface area contributed by atoms with Gasteiger partial charge in [-0.25, -0.2) is 0 Å². The van der Waals surface area contributed by atoms with Gasteiger partial charge in [-0.05, 0) is 85.3 Å². The third kappa shape index (κ3) is 4.98. The number of benzene rings is 3. The Labute approximate surface area is 201 Å². The Hall–Kier alpha value is -3.60. The van der Waals surface area contributed by atoms with Crippen LogP contribution in [0.15, 0.2) is 60.7 Å². The number of hydrogen-bond acceptors (Lipinski definition) is 3. The first kappa shape index (κ1) is 23.6. The third-order valence-electron chi connectivity index (χ3n) is 6.57. The lowest BCUT2D eigenvalue weighted by Gasteiger charge is -2.23. The van der Waals surface area contributed by atoms with E-state index >= 15 is 0 Å². The van der Waals surface area contributed by atoms with Crippen LogP contribution in [0.1, 0.15) is 42.5 Å². The van der Waals surface area contributed by atoms with Gasteiger partial charge < -0.3 is 15.0 Å². The summed E-state index contributed by atoms with van der Waals surface area (Å²) in [4.78, 5) is 27.6. The van der Waals surface area contributed by atoms with Gasteiger partial charge in [-0.2, -0.15) is 0 Å². The average molecular weight is 457 g/mol. The van der Waals surface area contributed by atoms with Gasteiger partial charge in [-0.15, -0.1) is 0 Å². The summed E-state index contributed by atoms with van der Waals surface area (Å²) in [6.45, 7) is 8.72. The molecule has 0 aliphatic carbocycles. The monoisotopic (exact) mass is 456 g/mol. The Kier molecular flexibility index (Phi) is 7.01. The van der Waals surface area contributed by atoms with Gasteiger partial charge in [0, 0.05) is 24.3 Å². The van der Waals surface area contributed by atoms with Crippen molar-refractivity contribution in [2.45, 2.75) is 47.0 Å². The summed E-state index contributed by atoms with van der Waals surface area (Å²) in [5.41, 5.74) is 6.36. The molecular weight excluding hydrogens is 424 g/mol. The Morgan fingerprint density at radius 3 is 2.21 bits per heavy atom. The molecule has 1 fully saturated rings. The normalized spacial score (nSPS) is 15.5. The molecule has 0 unspecified atom stereocenters. The molecule has 34 heavy (non-hydrogen) atoms. The third-order valence-corrected chi connectivity index (χ3v) is 6.57. The largest absolute Gasteiger partial charge is 0.457 e. The molecule has 4 rings (SSSR count). The number of nitrogens with zero attached hydrogens (tertiary/aromatic N) is 1. The molecule has 5 heteroatoms. The molecule has 1 aliphatic heterocycles. The SMILES string of the molecule is CCc1cccc(CC)c1N1C[C@H](C(=O)Nc2ccc(Oc3ccc(C)c(C)c3)cc2)CC1=O. The minimum absolute atomic E-state index is 0.00730. The van der Waals surface area contributed by atoms with Crippen LogP contribution >= 0.6 is 0 Å². The van der Waals surface area contributed by atoms with E-state index in [0.29, 0.717) is 18.0 Å². The number of hydrogen-bond donors (Lipinski definition) is 1. The van der Waals surface area contributed by atoms with Crippen molar-refractivity contribution >= 4 is 23.2 Å². The summed E-state index contributed by atoms with van der Waals surface area (Å²) >= 11 is 0. The number of nitrogens with one attached hydrogen (secondary N) is 1. The van der Waals surface area contributed by atoms with E-state index in [1.807, 2.05) is 53.4 Å². The Morgan fingerprint density at radius 1 is 0.941 bits per heavy atom. The number of carbonyl (C=O) groups excluding carboxylic acids is 2. The van der Waals surface area contributed by atoms with Crippen molar-refractivity contribution in [3.05, 3.63) is 82.9 Å². The predicted molar refractivity (Wildman–Crippen MR) is 137 cm³/mol. The zero-order chi connectivity index (χ0) is 24.2. The molecule has 1 aliphatic rings. The highest BCUT2D eigenvalue weighted by Crippen LogP contribution is 2.33. The van der Waals surface area contributed by atoms with E-state index in [4.69, 9.17) is 4.74 Å². The van der Waals surface area contributed by atoms with Crippen molar-refractivity contribution in [2.75, 3.05) is 16.8 Å². The van der Waals surface area contributed by atoms with Crippen LogP contribution in [0.4, 0.5) is 11.4 Å². The first-order chi connectivity index (χ1) is 16.4. The van der Waals surface area contributed by atoms with Crippen molar-refractivity contribution in [1.82, 2.24) is 0 Å². The van der Waals surface area contributed by atoms with E-state index in [0.717, 1.165) is 35.4 Å². The summed E-state index contributed by atoms with van der Waals surface area (Å²) in [5, 5.41) is 2.97. The van der Waals surface area contributed by atoms with Gasteiger partial charge in [0.2, 0.25) is 11.8 Å². The molecule has 1 heterocycles. The molecular formula is C29H32N2O3. The smallest absolute Gasteiger partial charge is 0.229 e. The van der Waals surface area contributed by atoms with Crippen LogP contribution in [-0.2, 0) is 22.4 Å². The van der Waals surface area contributed by atoms with Gasteiger partial charge >= 0.3 is 0 Å². The van der Waals surface area contributed by atoms with Gasteiger partial charge in [0.05, 0.1) is 5.92 Å². The van der Waals surface area contributed by atoms with Gasteiger partial charge in [0.1, 0.15) is 11.5 Å². The molecule has 5 nitrogen and oxygen atoms in total. The molecule has 1 saturated heterocycles. The standard InChI is InChI=1S/C29H32N2O3/c1-5-21-8-7-9-22(6-2)28(21)31-18-23(17-27(31)32)29(33)30-24-11-14-25(15-12-24)34-26-13-10-19(3)20(4)16-26/h7-16,23H,5-6,17-18H2,1-4H3,(H,30,33)/t23-/m1/s1. The molecule has 0 aromatic heterocycles. The molecule has 1 N–H and O–H groups in total. The zero-order valence-corrected chi connectivity index (χ0v) is 20.4. The zero-order valence-electron chi connectivity index (χ0n) is 20.4. The Morgan fingerprint density at radius 2 is 1.59 bits per heavy atom. The van der Waals surface area contributed by atoms with Crippen molar-refractivity contribution in [1.29, 1.82) is 0 Å². The summed E-state index contributed by atoms with van der Waals surface area (Å²) in [6, 6.07) is 19.5. The first-order valence-corrected chi connectivity index (χ1v) is 12.0. The fourth-order valence-corrected chi connectivity index (χ4v) is 4.43. The van der Waals surface area contributed by atoms with E-state index < -0.39 is 0 Å². The van der Waals surface area contributed by atoms with Crippen molar-refractivity contribution in [2.24, 2.45) is 5.92 Å². The molecule has 2 amide bonds.